The van der Waals surface area contributed by atoms with Crippen LogP contribution in [0.3, 0.4) is 0 Å². The second kappa shape index (κ2) is 5.84. The fourth-order valence-electron chi connectivity index (χ4n) is 2.07. The van der Waals surface area contributed by atoms with Crippen molar-refractivity contribution < 1.29 is 0 Å². The first-order chi connectivity index (χ1) is 9.11. The Morgan fingerprint density at radius 2 is 2.16 bits per heavy atom. The molecule has 0 saturated carbocycles. The van der Waals surface area contributed by atoms with E-state index in [0.29, 0.717) is 4.99 Å². The summed E-state index contributed by atoms with van der Waals surface area (Å²) < 4.78 is 1.84. The number of para-hydroxylation sites is 1. The molecule has 1 heterocycles. The molecule has 0 fully saturated rings. The maximum Gasteiger partial charge on any atom is 0.106 e. The van der Waals surface area contributed by atoms with Crippen LogP contribution in [0.5, 0.6) is 0 Å². The van der Waals surface area contributed by atoms with E-state index in [4.69, 9.17) is 18.0 Å². The highest BCUT2D eigenvalue weighted by atomic mass is 32.1. The summed E-state index contributed by atoms with van der Waals surface area (Å²) in [7, 11) is 1.94. The number of aromatic nitrogens is 2. The van der Waals surface area contributed by atoms with Gasteiger partial charge in [-0.05, 0) is 18.6 Å². The molecule has 2 aromatic rings. The monoisotopic (exact) mass is 274 g/mol. The molecule has 3 N–H and O–H groups in total. The Kier molecular flexibility index (Phi) is 4.16. The van der Waals surface area contributed by atoms with Gasteiger partial charge in [0, 0.05) is 36.6 Å². The van der Waals surface area contributed by atoms with Crippen molar-refractivity contribution in [1.82, 2.24) is 9.78 Å². The zero-order chi connectivity index (χ0) is 13.8. The first-order valence-electron chi connectivity index (χ1n) is 6.26. The van der Waals surface area contributed by atoms with Crippen molar-refractivity contribution in [1.29, 1.82) is 0 Å². The van der Waals surface area contributed by atoms with Crippen molar-refractivity contribution in [3.05, 3.63) is 47.3 Å². The van der Waals surface area contributed by atoms with Crippen molar-refractivity contribution in [2.45, 2.75) is 19.9 Å². The maximum atomic E-state index is 5.72. The lowest BCUT2D eigenvalue weighted by Gasteiger charge is -2.10. The molecule has 0 aliphatic heterocycles. The second-order valence-electron chi connectivity index (χ2n) is 4.39. The largest absolute Gasteiger partial charge is 0.389 e. The molecule has 0 bridgehead atoms. The second-order valence-corrected chi connectivity index (χ2v) is 4.83. The van der Waals surface area contributed by atoms with Crippen LogP contribution in [0.25, 0.3) is 0 Å². The molecular weight excluding hydrogens is 256 g/mol. The molecule has 4 nitrogen and oxygen atoms in total. The number of aryl methyl sites for hydroxylation is 2. The molecular formula is C14H18N4S. The molecule has 0 aliphatic carbocycles. The van der Waals surface area contributed by atoms with Crippen LogP contribution in [0.4, 0.5) is 5.69 Å². The number of thiocarbonyl (C=S) groups is 1. The summed E-state index contributed by atoms with van der Waals surface area (Å²) in [6.07, 6.45) is 2.96. The van der Waals surface area contributed by atoms with Gasteiger partial charge in [0.25, 0.3) is 0 Å². The van der Waals surface area contributed by atoms with Crippen LogP contribution in [-0.4, -0.2) is 14.8 Å². The molecule has 1 aromatic heterocycles. The number of nitrogens with one attached hydrogen (secondary N) is 1. The maximum absolute atomic E-state index is 5.72. The fraction of sp³-hybridized carbons (Fsp3) is 0.286. The number of rotatable bonds is 5. The molecule has 19 heavy (non-hydrogen) atoms. The van der Waals surface area contributed by atoms with Gasteiger partial charge in [-0.15, -0.1) is 0 Å². The average molecular weight is 274 g/mol. The van der Waals surface area contributed by atoms with Crippen LogP contribution in [0.1, 0.15) is 23.7 Å². The van der Waals surface area contributed by atoms with Gasteiger partial charge in [0.05, 0.1) is 5.69 Å². The molecule has 0 radical (unpaired) electrons. The summed E-state index contributed by atoms with van der Waals surface area (Å²) in [5, 5.41) is 7.80. The Morgan fingerprint density at radius 3 is 2.84 bits per heavy atom. The van der Waals surface area contributed by atoms with Gasteiger partial charge in [0.1, 0.15) is 4.99 Å². The Labute approximate surface area is 118 Å². The molecule has 5 heteroatoms. The summed E-state index contributed by atoms with van der Waals surface area (Å²) in [5.41, 5.74) is 9.86. The number of anilines is 1. The highest BCUT2D eigenvalue weighted by Gasteiger charge is 2.08. The van der Waals surface area contributed by atoms with Gasteiger partial charge in [0.2, 0.25) is 0 Å². The van der Waals surface area contributed by atoms with Crippen LogP contribution in [0.2, 0.25) is 0 Å². The fourth-order valence-corrected chi connectivity index (χ4v) is 2.25. The van der Waals surface area contributed by atoms with E-state index in [1.54, 1.807) is 0 Å². The standard InChI is InChI=1S/C14H18N4S/c1-3-12-10(9-18(2)17-12)8-16-13-7-5-4-6-11(13)14(15)19/h4-7,9,16H,3,8H2,1-2H3,(H2,15,19). The van der Waals surface area contributed by atoms with Gasteiger partial charge in [-0.3, -0.25) is 4.68 Å². The highest BCUT2D eigenvalue weighted by molar-refractivity contribution is 7.80. The molecule has 0 spiro atoms. The lowest BCUT2D eigenvalue weighted by Crippen LogP contribution is -2.13. The summed E-state index contributed by atoms with van der Waals surface area (Å²) in [6.45, 7) is 2.82. The van der Waals surface area contributed by atoms with Crippen LogP contribution < -0.4 is 11.1 Å². The van der Waals surface area contributed by atoms with Gasteiger partial charge in [0.15, 0.2) is 0 Å². The Hall–Kier alpha value is -1.88. The SMILES string of the molecule is CCc1nn(C)cc1CNc1ccccc1C(N)=S. The first kappa shape index (κ1) is 13.5. The molecule has 1 aromatic carbocycles. The molecule has 0 atom stereocenters. The van der Waals surface area contributed by atoms with Crippen LogP contribution >= 0.6 is 12.2 Å². The average Bonchev–Trinajstić information content (AvgIpc) is 2.77. The van der Waals surface area contributed by atoms with E-state index in [-0.39, 0.29) is 0 Å². The van der Waals surface area contributed by atoms with E-state index < -0.39 is 0 Å². The van der Waals surface area contributed by atoms with Crippen molar-refractivity contribution in [3.8, 4) is 0 Å². The van der Waals surface area contributed by atoms with Crippen LogP contribution in [0, 0.1) is 0 Å². The lowest BCUT2D eigenvalue weighted by molar-refractivity contribution is 0.746. The minimum atomic E-state index is 0.407. The third-order valence-electron chi connectivity index (χ3n) is 2.99. The van der Waals surface area contributed by atoms with E-state index in [9.17, 15) is 0 Å². The number of benzene rings is 1. The van der Waals surface area contributed by atoms with E-state index in [2.05, 4.69) is 17.3 Å². The lowest BCUT2D eigenvalue weighted by atomic mass is 10.1. The van der Waals surface area contributed by atoms with Crippen LogP contribution in [-0.2, 0) is 20.0 Å². The third kappa shape index (κ3) is 3.12. The molecule has 100 valence electrons. The van der Waals surface area contributed by atoms with Crippen molar-refractivity contribution in [2.24, 2.45) is 12.8 Å². The van der Waals surface area contributed by atoms with Gasteiger partial charge in [-0.2, -0.15) is 5.10 Å². The van der Waals surface area contributed by atoms with Gasteiger partial charge in [-0.25, -0.2) is 0 Å². The van der Waals surface area contributed by atoms with Crippen molar-refractivity contribution >= 4 is 22.9 Å². The van der Waals surface area contributed by atoms with E-state index in [1.165, 1.54) is 5.56 Å². The molecule has 2 rings (SSSR count). The Morgan fingerprint density at radius 1 is 1.42 bits per heavy atom. The normalized spacial score (nSPS) is 10.4. The van der Waals surface area contributed by atoms with E-state index in [1.807, 2.05) is 42.2 Å². The van der Waals surface area contributed by atoms with Crippen molar-refractivity contribution in [3.63, 3.8) is 0 Å². The predicted molar refractivity (Wildman–Crippen MR) is 82.2 cm³/mol. The summed E-state index contributed by atoms with van der Waals surface area (Å²) in [5.74, 6) is 0. The molecule has 0 aliphatic rings. The van der Waals surface area contributed by atoms with E-state index in [0.717, 1.165) is 29.9 Å². The first-order valence-corrected chi connectivity index (χ1v) is 6.66. The highest BCUT2D eigenvalue weighted by Crippen LogP contribution is 2.17. The zero-order valence-corrected chi connectivity index (χ0v) is 12.0. The number of nitrogens with two attached hydrogens (primary N) is 1. The zero-order valence-electron chi connectivity index (χ0n) is 11.2. The predicted octanol–water partition coefficient (Wildman–Crippen LogP) is 2.23. The van der Waals surface area contributed by atoms with Crippen LogP contribution in [0.15, 0.2) is 30.5 Å². The molecule has 0 unspecified atom stereocenters. The van der Waals surface area contributed by atoms with Crippen molar-refractivity contribution in [2.75, 3.05) is 5.32 Å². The smallest absolute Gasteiger partial charge is 0.106 e. The summed E-state index contributed by atoms with van der Waals surface area (Å²) in [4.78, 5) is 0.407. The minimum Gasteiger partial charge on any atom is -0.389 e. The minimum absolute atomic E-state index is 0.407. The Balaban J connectivity index is 2.16. The topological polar surface area (TPSA) is 55.9 Å². The van der Waals surface area contributed by atoms with Gasteiger partial charge < -0.3 is 11.1 Å². The summed E-state index contributed by atoms with van der Waals surface area (Å²) in [6, 6.07) is 7.81. The van der Waals surface area contributed by atoms with E-state index >= 15 is 0 Å². The molecule has 0 saturated heterocycles. The van der Waals surface area contributed by atoms with Gasteiger partial charge in [-0.1, -0.05) is 31.3 Å². The number of hydrogen-bond acceptors (Lipinski definition) is 3. The quantitative estimate of drug-likeness (QED) is 0.821. The number of hydrogen-bond donors (Lipinski definition) is 2. The molecule has 0 amide bonds. The van der Waals surface area contributed by atoms with Gasteiger partial charge >= 0.3 is 0 Å². The third-order valence-corrected chi connectivity index (χ3v) is 3.21. The Bertz CT molecular complexity index is 589. The summed E-state index contributed by atoms with van der Waals surface area (Å²) >= 11 is 5.05. The number of nitrogens with zero attached hydrogens (tertiary/aromatic N) is 2.